The molecule has 1 saturated carbocycles. The van der Waals surface area contributed by atoms with Gasteiger partial charge in [0.1, 0.15) is 0 Å². The van der Waals surface area contributed by atoms with E-state index in [1.54, 1.807) is 19.9 Å². The number of aryl methyl sites for hydroxylation is 1. The molecule has 6 nitrogen and oxygen atoms in total. The maximum absolute atomic E-state index is 11.9. The predicted octanol–water partition coefficient (Wildman–Crippen LogP) is 0.543. The molecule has 1 heterocycles. The van der Waals surface area contributed by atoms with E-state index in [1.165, 1.54) is 0 Å². The summed E-state index contributed by atoms with van der Waals surface area (Å²) in [7, 11) is -3.32. The first-order valence-electron chi connectivity index (χ1n) is 6.11. The zero-order chi connectivity index (χ0) is 13.2. The van der Waals surface area contributed by atoms with Crippen molar-refractivity contribution in [2.75, 3.05) is 6.54 Å². The third kappa shape index (κ3) is 3.79. The molecule has 2 rings (SSSR count). The average molecular weight is 273 g/mol. The topological polar surface area (TPSA) is 84.2 Å². The Hall–Kier alpha value is -0.920. The second-order valence-electron chi connectivity index (χ2n) is 4.79. The van der Waals surface area contributed by atoms with Crippen LogP contribution in [0.2, 0.25) is 0 Å². The number of rotatable bonds is 7. The largest absolute Gasteiger partial charge is 0.360 e. The van der Waals surface area contributed by atoms with E-state index in [0.717, 1.165) is 18.5 Å². The molecule has 1 aliphatic rings. The lowest BCUT2D eigenvalue weighted by Gasteiger charge is -2.13. The Morgan fingerprint density at radius 2 is 2.28 bits per heavy atom. The van der Waals surface area contributed by atoms with Crippen molar-refractivity contribution in [2.24, 2.45) is 0 Å². The Labute approximate surface area is 107 Å². The van der Waals surface area contributed by atoms with Crippen molar-refractivity contribution >= 4 is 10.0 Å². The minimum atomic E-state index is -3.32. The highest BCUT2D eigenvalue weighted by Gasteiger charge is 2.25. The Balaban J connectivity index is 1.81. The van der Waals surface area contributed by atoms with E-state index in [4.69, 9.17) is 4.52 Å². The molecule has 0 spiro atoms. The molecule has 2 N–H and O–H groups in total. The van der Waals surface area contributed by atoms with Crippen LogP contribution in [0.3, 0.4) is 0 Å². The van der Waals surface area contributed by atoms with Gasteiger partial charge in [-0.3, -0.25) is 0 Å². The van der Waals surface area contributed by atoms with Gasteiger partial charge in [-0.1, -0.05) is 5.16 Å². The number of aromatic nitrogens is 1. The Morgan fingerprint density at radius 1 is 1.56 bits per heavy atom. The maximum atomic E-state index is 11.9. The standard InChI is InChI=1S/C11H19N3O3S/c1-8-5-11(17-14-8)7-13-18(15,16)9(2)6-12-10-3-4-10/h5,9-10,12-13H,3-4,6-7H2,1-2H3. The molecule has 1 unspecified atom stereocenters. The van der Waals surface area contributed by atoms with Gasteiger partial charge in [-0.05, 0) is 26.7 Å². The lowest BCUT2D eigenvalue weighted by molar-refractivity contribution is 0.376. The van der Waals surface area contributed by atoms with Gasteiger partial charge < -0.3 is 9.84 Å². The van der Waals surface area contributed by atoms with Crippen LogP contribution in [0.5, 0.6) is 0 Å². The number of nitrogens with one attached hydrogen (secondary N) is 2. The maximum Gasteiger partial charge on any atom is 0.215 e. The number of hydrogen-bond acceptors (Lipinski definition) is 5. The lowest BCUT2D eigenvalue weighted by Crippen LogP contribution is -2.39. The van der Waals surface area contributed by atoms with E-state index in [-0.39, 0.29) is 6.54 Å². The van der Waals surface area contributed by atoms with Gasteiger partial charge in [0.25, 0.3) is 0 Å². The van der Waals surface area contributed by atoms with Crippen molar-refractivity contribution in [3.63, 3.8) is 0 Å². The molecule has 1 atom stereocenters. The Morgan fingerprint density at radius 3 is 2.83 bits per heavy atom. The molecule has 0 bridgehead atoms. The van der Waals surface area contributed by atoms with Crippen LogP contribution in [0.15, 0.2) is 10.6 Å². The second-order valence-corrected chi connectivity index (χ2v) is 6.98. The second kappa shape index (κ2) is 5.38. The zero-order valence-corrected chi connectivity index (χ0v) is 11.5. The van der Waals surface area contributed by atoms with E-state index in [1.807, 2.05) is 0 Å². The number of nitrogens with zero attached hydrogens (tertiary/aromatic N) is 1. The number of hydrogen-bond donors (Lipinski definition) is 2. The predicted molar refractivity (Wildman–Crippen MR) is 67.5 cm³/mol. The summed E-state index contributed by atoms with van der Waals surface area (Å²) in [6.07, 6.45) is 2.30. The van der Waals surface area contributed by atoms with Gasteiger partial charge in [0.15, 0.2) is 5.76 Å². The molecule has 18 heavy (non-hydrogen) atoms. The van der Waals surface area contributed by atoms with Gasteiger partial charge in [0.05, 0.1) is 17.5 Å². The highest BCUT2D eigenvalue weighted by atomic mass is 32.2. The summed E-state index contributed by atoms with van der Waals surface area (Å²) >= 11 is 0. The minimum absolute atomic E-state index is 0.150. The molecule has 1 aromatic rings. The molecule has 102 valence electrons. The van der Waals surface area contributed by atoms with Crippen LogP contribution in [-0.4, -0.2) is 31.4 Å². The fourth-order valence-corrected chi connectivity index (χ4v) is 2.49. The van der Waals surface area contributed by atoms with E-state index >= 15 is 0 Å². The molecule has 1 fully saturated rings. The molecule has 0 radical (unpaired) electrons. The fraction of sp³-hybridized carbons (Fsp3) is 0.727. The van der Waals surface area contributed by atoms with E-state index in [2.05, 4.69) is 15.2 Å². The summed E-state index contributed by atoms with van der Waals surface area (Å²) in [4.78, 5) is 0. The molecule has 0 saturated heterocycles. The molecule has 0 aromatic carbocycles. The highest BCUT2D eigenvalue weighted by Crippen LogP contribution is 2.18. The fourth-order valence-electron chi connectivity index (χ4n) is 1.54. The van der Waals surface area contributed by atoms with Crippen LogP contribution in [0, 0.1) is 6.92 Å². The summed E-state index contributed by atoms with van der Waals surface area (Å²) in [6.45, 7) is 4.12. The van der Waals surface area contributed by atoms with Gasteiger partial charge in [-0.15, -0.1) is 0 Å². The van der Waals surface area contributed by atoms with E-state index < -0.39 is 15.3 Å². The summed E-state index contributed by atoms with van der Waals surface area (Å²) < 4.78 is 31.3. The van der Waals surface area contributed by atoms with Crippen molar-refractivity contribution in [1.29, 1.82) is 0 Å². The van der Waals surface area contributed by atoms with E-state index in [9.17, 15) is 8.42 Å². The molecular formula is C11H19N3O3S. The van der Waals surface area contributed by atoms with Crippen molar-refractivity contribution in [3.05, 3.63) is 17.5 Å². The van der Waals surface area contributed by atoms with Gasteiger partial charge in [0, 0.05) is 18.7 Å². The van der Waals surface area contributed by atoms with Crippen LogP contribution >= 0.6 is 0 Å². The van der Waals surface area contributed by atoms with Gasteiger partial charge in [-0.25, -0.2) is 13.1 Å². The third-order valence-corrected chi connectivity index (χ3v) is 4.70. The average Bonchev–Trinajstić information content (AvgIpc) is 3.06. The first-order chi connectivity index (χ1) is 8.47. The van der Waals surface area contributed by atoms with Crippen molar-refractivity contribution in [1.82, 2.24) is 15.2 Å². The van der Waals surface area contributed by atoms with Crippen molar-refractivity contribution < 1.29 is 12.9 Å². The Bertz CT molecular complexity index is 493. The van der Waals surface area contributed by atoms with Crippen LogP contribution < -0.4 is 10.0 Å². The summed E-state index contributed by atoms with van der Waals surface area (Å²) in [5, 5.41) is 6.46. The van der Waals surface area contributed by atoms with E-state index in [0.29, 0.717) is 18.3 Å². The summed E-state index contributed by atoms with van der Waals surface area (Å²) in [6, 6.07) is 2.23. The van der Waals surface area contributed by atoms with Crippen molar-refractivity contribution in [3.8, 4) is 0 Å². The number of sulfonamides is 1. The summed E-state index contributed by atoms with van der Waals surface area (Å²) in [5.74, 6) is 0.526. The third-order valence-electron chi connectivity index (χ3n) is 2.93. The molecule has 0 amide bonds. The Kier molecular flexibility index (Phi) is 4.04. The molecule has 1 aromatic heterocycles. The smallest absolute Gasteiger partial charge is 0.215 e. The van der Waals surface area contributed by atoms with Crippen molar-refractivity contribution in [2.45, 2.75) is 44.5 Å². The van der Waals surface area contributed by atoms with Crippen LogP contribution in [0.4, 0.5) is 0 Å². The minimum Gasteiger partial charge on any atom is -0.360 e. The van der Waals surface area contributed by atoms with Gasteiger partial charge in [-0.2, -0.15) is 0 Å². The zero-order valence-electron chi connectivity index (χ0n) is 10.6. The van der Waals surface area contributed by atoms with Crippen LogP contribution in [-0.2, 0) is 16.6 Å². The highest BCUT2D eigenvalue weighted by molar-refractivity contribution is 7.90. The van der Waals surface area contributed by atoms with Gasteiger partial charge in [0.2, 0.25) is 10.0 Å². The SMILES string of the molecule is Cc1cc(CNS(=O)(=O)C(C)CNC2CC2)on1. The lowest BCUT2D eigenvalue weighted by atomic mass is 10.4. The first kappa shape index (κ1) is 13.5. The summed E-state index contributed by atoms with van der Waals surface area (Å²) in [5.41, 5.74) is 0.743. The molecular weight excluding hydrogens is 254 g/mol. The monoisotopic (exact) mass is 273 g/mol. The quantitative estimate of drug-likeness (QED) is 0.757. The molecule has 1 aliphatic carbocycles. The first-order valence-corrected chi connectivity index (χ1v) is 7.66. The van der Waals surface area contributed by atoms with Crippen LogP contribution in [0.25, 0.3) is 0 Å². The molecule has 0 aliphatic heterocycles. The normalized spacial score (nSPS) is 17.9. The molecule has 7 heteroatoms. The van der Waals surface area contributed by atoms with Gasteiger partial charge >= 0.3 is 0 Å². The van der Waals surface area contributed by atoms with Crippen LogP contribution in [0.1, 0.15) is 31.2 Å².